The summed E-state index contributed by atoms with van der Waals surface area (Å²) in [7, 11) is 0. The van der Waals surface area contributed by atoms with Crippen molar-refractivity contribution in [3.8, 4) is 0 Å². The van der Waals surface area contributed by atoms with Crippen LogP contribution in [0.15, 0.2) is 54.2 Å². The van der Waals surface area contributed by atoms with E-state index in [0.717, 1.165) is 12.0 Å². The number of fused-ring (bicyclic) bond motifs is 1. The second-order valence-corrected chi connectivity index (χ2v) is 8.78. The van der Waals surface area contributed by atoms with Crippen LogP contribution >= 0.6 is 0 Å². The highest BCUT2D eigenvalue weighted by Crippen LogP contribution is 2.45. The summed E-state index contributed by atoms with van der Waals surface area (Å²) in [6.07, 6.45) is 13.0. The Kier molecular flexibility index (Phi) is 6.86. The molecule has 0 unspecified atom stereocenters. The second-order valence-electron chi connectivity index (χ2n) is 8.78. The molecule has 0 fully saturated rings. The number of hydrogen-bond donors (Lipinski definition) is 0. The van der Waals surface area contributed by atoms with Crippen molar-refractivity contribution in [2.24, 2.45) is 0 Å². The van der Waals surface area contributed by atoms with Crippen molar-refractivity contribution < 1.29 is 9.53 Å². The molecule has 146 valence electrons. The third-order valence-corrected chi connectivity index (χ3v) is 5.51. The quantitative estimate of drug-likeness (QED) is 0.340. The molecule has 0 amide bonds. The van der Waals surface area contributed by atoms with Gasteiger partial charge in [-0.2, -0.15) is 0 Å². The predicted molar refractivity (Wildman–Crippen MR) is 114 cm³/mol. The lowest BCUT2D eigenvalue weighted by molar-refractivity contribution is -0.137. The van der Waals surface area contributed by atoms with Crippen LogP contribution in [0.1, 0.15) is 71.1 Å². The SMILES string of the molecule is CCOC(=O)/C=C(C)/C=C/C=C/Cc1ccc2c(c1)C(C)(C)CCC2(C)C. The number of benzene rings is 1. The third-order valence-electron chi connectivity index (χ3n) is 5.51. The third kappa shape index (κ3) is 5.69. The van der Waals surface area contributed by atoms with Gasteiger partial charge in [0.2, 0.25) is 0 Å². The molecule has 0 bridgehead atoms. The average molecular weight is 367 g/mol. The molecule has 1 aromatic rings. The van der Waals surface area contributed by atoms with Crippen LogP contribution in [0, 0.1) is 0 Å². The van der Waals surface area contributed by atoms with Crippen molar-refractivity contribution in [1.29, 1.82) is 0 Å². The molecule has 0 atom stereocenters. The minimum Gasteiger partial charge on any atom is -0.463 e. The minimum atomic E-state index is -0.289. The smallest absolute Gasteiger partial charge is 0.330 e. The van der Waals surface area contributed by atoms with Gasteiger partial charge in [0.1, 0.15) is 0 Å². The topological polar surface area (TPSA) is 26.3 Å². The van der Waals surface area contributed by atoms with Crippen molar-refractivity contribution in [3.63, 3.8) is 0 Å². The van der Waals surface area contributed by atoms with E-state index in [9.17, 15) is 4.79 Å². The first-order valence-corrected chi connectivity index (χ1v) is 9.98. The van der Waals surface area contributed by atoms with Gasteiger partial charge in [0.15, 0.2) is 0 Å². The molecule has 0 saturated heterocycles. The Labute approximate surface area is 165 Å². The number of hydrogen-bond acceptors (Lipinski definition) is 2. The molecule has 2 heteroatoms. The van der Waals surface area contributed by atoms with Gasteiger partial charge >= 0.3 is 5.97 Å². The van der Waals surface area contributed by atoms with Crippen LogP contribution in [0.25, 0.3) is 0 Å². The zero-order valence-electron chi connectivity index (χ0n) is 17.8. The van der Waals surface area contributed by atoms with Crippen LogP contribution in [0.3, 0.4) is 0 Å². The molecule has 1 aliphatic carbocycles. The molecule has 0 saturated carbocycles. The van der Waals surface area contributed by atoms with Gasteiger partial charge in [0.05, 0.1) is 6.61 Å². The predicted octanol–water partition coefficient (Wildman–Crippen LogP) is 6.20. The van der Waals surface area contributed by atoms with E-state index in [2.05, 4.69) is 52.0 Å². The maximum Gasteiger partial charge on any atom is 0.330 e. The second kappa shape index (κ2) is 8.73. The number of rotatable bonds is 6. The van der Waals surface area contributed by atoms with E-state index in [-0.39, 0.29) is 16.8 Å². The maximum atomic E-state index is 11.4. The molecule has 0 N–H and O–H groups in total. The van der Waals surface area contributed by atoms with Crippen molar-refractivity contribution in [1.82, 2.24) is 0 Å². The Bertz CT molecular complexity index is 761. The summed E-state index contributed by atoms with van der Waals surface area (Å²) in [6, 6.07) is 7.00. The van der Waals surface area contributed by atoms with E-state index >= 15 is 0 Å². The van der Waals surface area contributed by atoms with E-state index in [1.165, 1.54) is 35.6 Å². The Morgan fingerprint density at radius 3 is 2.41 bits per heavy atom. The van der Waals surface area contributed by atoms with Crippen molar-refractivity contribution in [2.75, 3.05) is 6.61 Å². The number of carbonyl (C=O) groups excluding carboxylic acids is 1. The van der Waals surface area contributed by atoms with E-state index < -0.39 is 0 Å². The summed E-state index contributed by atoms with van der Waals surface area (Å²) in [5.41, 5.74) is 5.77. The summed E-state index contributed by atoms with van der Waals surface area (Å²) >= 11 is 0. The van der Waals surface area contributed by atoms with Gasteiger partial charge in [-0.05, 0) is 66.2 Å². The highest BCUT2D eigenvalue weighted by atomic mass is 16.5. The van der Waals surface area contributed by atoms with E-state index in [1.807, 2.05) is 32.1 Å². The number of carbonyl (C=O) groups is 1. The zero-order chi connectivity index (χ0) is 20.1. The summed E-state index contributed by atoms with van der Waals surface area (Å²) in [6.45, 7) is 13.6. The van der Waals surface area contributed by atoms with Crippen molar-refractivity contribution in [3.05, 3.63) is 70.8 Å². The van der Waals surface area contributed by atoms with Crippen LogP contribution in [0.5, 0.6) is 0 Å². The summed E-state index contributed by atoms with van der Waals surface area (Å²) < 4.78 is 4.91. The lowest BCUT2D eigenvalue weighted by atomic mass is 9.63. The molecule has 2 rings (SSSR count). The van der Waals surface area contributed by atoms with Gasteiger partial charge in [-0.25, -0.2) is 4.79 Å². The fourth-order valence-electron chi connectivity index (χ4n) is 3.67. The monoisotopic (exact) mass is 366 g/mol. The lowest BCUT2D eigenvalue weighted by Gasteiger charge is -2.42. The van der Waals surface area contributed by atoms with Crippen molar-refractivity contribution in [2.45, 2.75) is 71.6 Å². The molecular formula is C25H34O2. The Morgan fingerprint density at radius 1 is 1.07 bits per heavy atom. The Balaban J connectivity index is 2.04. The molecular weight excluding hydrogens is 332 g/mol. The van der Waals surface area contributed by atoms with E-state index in [1.54, 1.807) is 0 Å². The fourth-order valence-corrected chi connectivity index (χ4v) is 3.67. The number of ether oxygens (including phenoxy) is 1. The van der Waals surface area contributed by atoms with Crippen LogP contribution in [-0.4, -0.2) is 12.6 Å². The molecule has 0 aliphatic heterocycles. The van der Waals surface area contributed by atoms with Gasteiger partial charge < -0.3 is 4.74 Å². The van der Waals surface area contributed by atoms with Crippen LogP contribution in [0.4, 0.5) is 0 Å². The van der Waals surface area contributed by atoms with Crippen LogP contribution in [0.2, 0.25) is 0 Å². The van der Waals surface area contributed by atoms with Crippen LogP contribution < -0.4 is 0 Å². The minimum absolute atomic E-state index is 0.249. The normalized spacial score (nSPS) is 18.7. The summed E-state index contributed by atoms with van der Waals surface area (Å²) in [4.78, 5) is 11.4. The summed E-state index contributed by atoms with van der Waals surface area (Å²) in [5.74, 6) is -0.289. The highest BCUT2D eigenvalue weighted by Gasteiger charge is 2.36. The molecule has 1 aliphatic rings. The van der Waals surface area contributed by atoms with Gasteiger partial charge in [-0.1, -0.05) is 70.2 Å². The molecule has 0 spiro atoms. The van der Waals surface area contributed by atoms with Crippen molar-refractivity contribution >= 4 is 5.97 Å². The Hall–Kier alpha value is -2.09. The molecule has 0 radical (unpaired) electrons. The number of allylic oxidation sites excluding steroid dienone is 5. The van der Waals surface area contributed by atoms with Crippen LogP contribution in [-0.2, 0) is 26.8 Å². The number of esters is 1. The van der Waals surface area contributed by atoms with E-state index in [0.29, 0.717) is 6.61 Å². The average Bonchev–Trinajstić information content (AvgIpc) is 2.59. The first-order chi connectivity index (χ1) is 12.7. The van der Waals surface area contributed by atoms with Gasteiger partial charge in [-0.15, -0.1) is 0 Å². The molecule has 0 heterocycles. The maximum absolute atomic E-state index is 11.4. The highest BCUT2D eigenvalue weighted by molar-refractivity contribution is 5.83. The first kappa shape index (κ1) is 21.2. The fraction of sp³-hybridized carbons (Fsp3) is 0.480. The zero-order valence-corrected chi connectivity index (χ0v) is 17.8. The molecule has 1 aromatic carbocycles. The molecule has 2 nitrogen and oxygen atoms in total. The first-order valence-electron chi connectivity index (χ1n) is 9.98. The lowest BCUT2D eigenvalue weighted by Crippen LogP contribution is -2.33. The van der Waals surface area contributed by atoms with Gasteiger partial charge in [-0.3, -0.25) is 0 Å². The van der Waals surface area contributed by atoms with E-state index in [4.69, 9.17) is 4.74 Å². The molecule has 0 aromatic heterocycles. The Morgan fingerprint density at radius 2 is 1.74 bits per heavy atom. The van der Waals surface area contributed by atoms with Gasteiger partial charge in [0, 0.05) is 6.08 Å². The largest absolute Gasteiger partial charge is 0.463 e. The molecule has 27 heavy (non-hydrogen) atoms. The van der Waals surface area contributed by atoms with Gasteiger partial charge in [0.25, 0.3) is 0 Å². The standard InChI is InChI=1S/C25H34O2/c1-7-27-23(26)17-19(2)11-9-8-10-12-20-13-14-21-22(18-20)25(5,6)16-15-24(21,3)4/h8-11,13-14,17-18H,7,12,15-16H2,1-6H3/b10-8+,11-9+,19-17+. The summed E-state index contributed by atoms with van der Waals surface area (Å²) in [5, 5.41) is 0.